The maximum atomic E-state index is 10.7. The van der Waals surface area contributed by atoms with Crippen molar-refractivity contribution in [1.29, 1.82) is 5.26 Å². The summed E-state index contributed by atoms with van der Waals surface area (Å²) in [5, 5.41) is 8.05. The van der Waals surface area contributed by atoms with Crippen LogP contribution in [0.3, 0.4) is 0 Å². The fraction of sp³-hybridized carbons (Fsp3) is 0.533. The van der Waals surface area contributed by atoms with E-state index in [0.717, 1.165) is 0 Å². The van der Waals surface area contributed by atoms with E-state index in [9.17, 15) is 9.59 Å². The highest BCUT2D eigenvalue weighted by atomic mass is 16.6. The molecule has 0 N–H and O–H groups in total. The van der Waals surface area contributed by atoms with E-state index < -0.39 is 5.97 Å². The van der Waals surface area contributed by atoms with Crippen LogP contribution in [0.15, 0.2) is 24.3 Å². The van der Waals surface area contributed by atoms with Gasteiger partial charge in [0.2, 0.25) is 0 Å². The molecular formula is C15H23NO5. The highest BCUT2D eigenvalue weighted by Crippen LogP contribution is 1.92. The van der Waals surface area contributed by atoms with E-state index in [2.05, 4.69) is 17.9 Å². The van der Waals surface area contributed by atoms with Crippen LogP contribution in [0.1, 0.15) is 27.2 Å². The molecule has 6 heteroatoms. The number of nitrogens with zero attached hydrogens (tertiary/aromatic N) is 1. The molecule has 0 aromatic rings. The summed E-state index contributed by atoms with van der Waals surface area (Å²) in [4.78, 5) is 21.3. The van der Waals surface area contributed by atoms with Crippen molar-refractivity contribution >= 4 is 11.9 Å². The topological polar surface area (TPSA) is 85.6 Å². The predicted molar refractivity (Wildman–Crippen MR) is 78.3 cm³/mol. The molecule has 0 unspecified atom stereocenters. The van der Waals surface area contributed by atoms with E-state index in [1.807, 2.05) is 13.0 Å². The Hall–Kier alpha value is -2.13. The van der Waals surface area contributed by atoms with Gasteiger partial charge >= 0.3 is 11.9 Å². The van der Waals surface area contributed by atoms with Crippen LogP contribution in [0.4, 0.5) is 0 Å². The second-order valence-corrected chi connectivity index (χ2v) is 3.94. The van der Waals surface area contributed by atoms with Crippen molar-refractivity contribution < 1.29 is 23.8 Å². The Morgan fingerprint density at radius 2 is 1.48 bits per heavy atom. The molecule has 0 bridgehead atoms. The van der Waals surface area contributed by atoms with Gasteiger partial charge in [0, 0.05) is 17.8 Å². The molecule has 0 aromatic carbocycles. The maximum absolute atomic E-state index is 10.7. The summed E-state index contributed by atoms with van der Waals surface area (Å²) in [7, 11) is 0. The van der Waals surface area contributed by atoms with E-state index >= 15 is 0 Å². The lowest BCUT2D eigenvalue weighted by molar-refractivity contribution is -0.140. The number of ether oxygens (including phenoxy) is 3. The van der Waals surface area contributed by atoms with Crippen LogP contribution in [0.5, 0.6) is 0 Å². The molecule has 0 heterocycles. The van der Waals surface area contributed by atoms with Crippen LogP contribution < -0.4 is 0 Å². The van der Waals surface area contributed by atoms with Gasteiger partial charge in [-0.2, -0.15) is 5.26 Å². The van der Waals surface area contributed by atoms with E-state index in [-0.39, 0.29) is 19.0 Å². The number of esters is 2. The smallest absolute Gasteiger partial charge is 0.333 e. The molecular weight excluding hydrogens is 274 g/mol. The third-order valence-electron chi connectivity index (χ3n) is 1.81. The van der Waals surface area contributed by atoms with Crippen LogP contribution in [0.25, 0.3) is 0 Å². The van der Waals surface area contributed by atoms with Crippen LogP contribution in [-0.2, 0) is 23.8 Å². The Morgan fingerprint density at radius 1 is 1.00 bits per heavy atom. The van der Waals surface area contributed by atoms with Gasteiger partial charge < -0.3 is 14.2 Å². The van der Waals surface area contributed by atoms with E-state index in [1.165, 1.54) is 0 Å². The minimum Gasteiger partial charge on any atom is -0.461 e. The lowest BCUT2D eigenvalue weighted by Crippen LogP contribution is -2.10. The SMILES string of the molecule is C=C(C)C(=O)OCCC#N.C=C(C)C(=O)OCCOCC. The number of carbonyl (C=O) groups is 2. The van der Waals surface area contributed by atoms with Crippen LogP contribution >= 0.6 is 0 Å². The van der Waals surface area contributed by atoms with Gasteiger partial charge in [-0.3, -0.25) is 0 Å². The Bertz CT molecular complexity index is 395. The normalized spacial score (nSPS) is 8.67. The third-order valence-corrected chi connectivity index (χ3v) is 1.81. The molecule has 21 heavy (non-hydrogen) atoms. The molecule has 0 aliphatic carbocycles. The molecule has 0 saturated heterocycles. The monoisotopic (exact) mass is 297 g/mol. The Labute approximate surface area is 126 Å². The molecule has 0 amide bonds. The van der Waals surface area contributed by atoms with E-state index in [0.29, 0.717) is 31.0 Å². The summed E-state index contributed by atoms with van der Waals surface area (Å²) < 4.78 is 14.3. The minimum absolute atomic E-state index is 0.155. The third kappa shape index (κ3) is 15.8. The van der Waals surface area contributed by atoms with Gasteiger partial charge in [-0.25, -0.2) is 9.59 Å². The molecule has 0 fully saturated rings. The number of nitriles is 1. The van der Waals surface area contributed by atoms with Crippen LogP contribution in [0.2, 0.25) is 0 Å². The summed E-state index contributed by atoms with van der Waals surface area (Å²) >= 11 is 0. The average Bonchev–Trinajstić information content (AvgIpc) is 2.44. The molecule has 0 saturated carbocycles. The standard InChI is InChI=1S/C8H14O3.C7H9NO2/c1-4-10-5-6-11-8(9)7(2)3;1-6(2)7(9)10-5-3-4-8/h2,4-6H2,1,3H3;1,3,5H2,2H3. The molecule has 0 radical (unpaired) electrons. The first-order chi connectivity index (χ1) is 9.86. The lowest BCUT2D eigenvalue weighted by Gasteiger charge is -2.03. The van der Waals surface area contributed by atoms with Gasteiger partial charge in [0.25, 0.3) is 0 Å². The summed E-state index contributed by atoms with van der Waals surface area (Å²) in [5.74, 6) is -0.792. The van der Waals surface area contributed by atoms with Gasteiger partial charge in [-0.1, -0.05) is 13.2 Å². The van der Waals surface area contributed by atoms with E-state index in [1.54, 1.807) is 13.8 Å². The summed E-state index contributed by atoms with van der Waals surface area (Å²) in [6.45, 7) is 13.4. The molecule has 0 atom stereocenters. The first kappa shape index (κ1) is 21.2. The molecule has 0 aliphatic rings. The summed E-state index contributed by atoms with van der Waals surface area (Å²) in [6.07, 6.45) is 0.235. The van der Waals surface area contributed by atoms with Crippen molar-refractivity contribution in [2.24, 2.45) is 0 Å². The quantitative estimate of drug-likeness (QED) is 0.388. The zero-order valence-corrected chi connectivity index (χ0v) is 12.9. The molecule has 0 aromatic heterocycles. The Morgan fingerprint density at radius 3 is 1.86 bits per heavy atom. The van der Waals surface area contributed by atoms with Gasteiger partial charge in [-0.05, 0) is 20.8 Å². The van der Waals surface area contributed by atoms with Crippen molar-refractivity contribution in [3.8, 4) is 6.07 Å². The predicted octanol–water partition coefficient (Wildman–Crippen LogP) is 2.16. The fourth-order valence-electron chi connectivity index (χ4n) is 0.773. The first-order valence-electron chi connectivity index (χ1n) is 6.46. The van der Waals surface area contributed by atoms with Gasteiger partial charge in [-0.15, -0.1) is 0 Å². The average molecular weight is 297 g/mol. The second kappa shape index (κ2) is 14.3. The van der Waals surface area contributed by atoms with Crippen LogP contribution in [0, 0.1) is 11.3 Å². The van der Waals surface area contributed by atoms with Gasteiger partial charge in [0.05, 0.1) is 19.1 Å². The van der Waals surface area contributed by atoms with Crippen molar-refractivity contribution in [3.05, 3.63) is 24.3 Å². The van der Waals surface area contributed by atoms with Gasteiger partial charge in [0.15, 0.2) is 0 Å². The molecule has 6 nitrogen and oxygen atoms in total. The second-order valence-electron chi connectivity index (χ2n) is 3.94. The van der Waals surface area contributed by atoms with Gasteiger partial charge in [0.1, 0.15) is 13.2 Å². The molecule has 118 valence electrons. The zero-order valence-electron chi connectivity index (χ0n) is 12.9. The number of hydrogen-bond donors (Lipinski definition) is 0. The van der Waals surface area contributed by atoms with Crippen molar-refractivity contribution in [1.82, 2.24) is 0 Å². The maximum Gasteiger partial charge on any atom is 0.333 e. The molecule has 0 aliphatic heterocycles. The minimum atomic E-state index is -0.435. The van der Waals surface area contributed by atoms with Crippen molar-refractivity contribution in [3.63, 3.8) is 0 Å². The number of hydrogen-bond acceptors (Lipinski definition) is 6. The Kier molecular flexibility index (Phi) is 14.4. The summed E-state index contributed by atoms with van der Waals surface area (Å²) in [5.41, 5.74) is 0.777. The molecule has 0 rings (SSSR count). The number of carbonyl (C=O) groups excluding carboxylic acids is 2. The lowest BCUT2D eigenvalue weighted by atomic mass is 10.4. The largest absolute Gasteiger partial charge is 0.461 e. The summed E-state index contributed by atoms with van der Waals surface area (Å²) in [6, 6.07) is 1.86. The Balaban J connectivity index is 0. The zero-order chi connectivity index (χ0) is 16.7. The highest BCUT2D eigenvalue weighted by molar-refractivity contribution is 5.87. The van der Waals surface area contributed by atoms with Crippen molar-refractivity contribution in [2.45, 2.75) is 27.2 Å². The van der Waals surface area contributed by atoms with Crippen molar-refractivity contribution in [2.75, 3.05) is 26.4 Å². The molecule has 0 spiro atoms. The highest BCUT2D eigenvalue weighted by Gasteiger charge is 2.01. The van der Waals surface area contributed by atoms with Crippen LogP contribution in [-0.4, -0.2) is 38.4 Å². The fourth-order valence-corrected chi connectivity index (χ4v) is 0.773. The number of rotatable bonds is 8. The van der Waals surface area contributed by atoms with E-state index in [4.69, 9.17) is 14.7 Å². The first-order valence-corrected chi connectivity index (χ1v) is 6.46.